The van der Waals surface area contributed by atoms with Gasteiger partial charge in [-0.3, -0.25) is 14.0 Å². The van der Waals surface area contributed by atoms with E-state index in [0.29, 0.717) is 44.2 Å². The Balaban J connectivity index is 2.07. The lowest BCUT2D eigenvalue weighted by Crippen LogP contribution is -2.50. The number of morpholine rings is 1. The lowest BCUT2D eigenvalue weighted by atomic mass is 10.2. The van der Waals surface area contributed by atoms with E-state index in [9.17, 15) is 13.2 Å². The number of carbonyl (C=O) groups excluding carboxylic acids is 1. The standard InChI is InChI=1S/C18H29N3O5S/c1-4-17(18(22)19-9-10-20-11-13-26-14-12-20)21(27(3,23)24)15-5-7-16(25-2)8-6-15/h5-8,17H,4,9-14H2,1-3H3,(H,19,22)/t17-/m1/s1. The van der Waals surface area contributed by atoms with Crippen molar-refractivity contribution in [2.75, 3.05) is 57.1 Å². The summed E-state index contributed by atoms with van der Waals surface area (Å²) in [7, 11) is -2.09. The molecule has 1 saturated heterocycles. The topological polar surface area (TPSA) is 88.2 Å². The third kappa shape index (κ3) is 6.08. The minimum atomic E-state index is -3.63. The second kappa shape index (κ2) is 9.91. The Morgan fingerprint density at radius 2 is 1.93 bits per heavy atom. The van der Waals surface area contributed by atoms with Gasteiger partial charge in [0.2, 0.25) is 15.9 Å². The summed E-state index contributed by atoms with van der Waals surface area (Å²) < 4.78 is 36.4. The molecule has 1 aliphatic rings. The maximum Gasteiger partial charge on any atom is 0.243 e. The smallest absolute Gasteiger partial charge is 0.243 e. The second-order valence-corrected chi connectivity index (χ2v) is 8.29. The van der Waals surface area contributed by atoms with Gasteiger partial charge in [-0.1, -0.05) is 6.92 Å². The third-order valence-corrected chi connectivity index (χ3v) is 5.67. The predicted octanol–water partition coefficient (Wildman–Crippen LogP) is 0.688. The number of carbonyl (C=O) groups is 1. The summed E-state index contributed by atoms with van der Waals surface area (Å²) in [5.74, 6) is 0.321. The molecule has 0 spiro atoms. The van der Waals surface area contributed by atoms with E-state index in [1.54, 1.807) is 38.3 Å². The fourth-order valence-electron chi connectivity index (χ4n) is 3.07. The summed E-state index contributed by atoms with van der Waals surface area (Å²) in [5.41, 5.74) is 0.438. The first-order chi connectivity index (χ1) is 12.9. The van der Waals surface area contributed by atoms with Crippen LogP contribution in [0.1, 0.15) is 13.3 Å². The number of hydrogen-bond acceptors (Lipinski definition) is 6. The van der Waals surface area contributed by atoms with Crippen molar-refractivity contribution in [3.8, 4) is 5.75 Å². The first kappa shape index (κ1) is 21.5. The molecule has 9 heteroatoms. The van der Waals surface area contributed by atoms with Crippen molar-refractivity contribution in [2.45, 2.75) is 19.4 Å². The molecule has 0 aliphatic carbocycles. The lowest BCUT2D eigenvalue weighted by Gasteiger charge is -2.31. The zero-order chi connectivity index (χ0) is 19.9. The van der Waals surface area contributed by atoms with Gasteiger partial charge >= 0.3 is 0 Å². The monoisotopic (exact) mass is 399 g/mol. The van der Waals surface area contributed by atoms with Crippen LogP contribution >= 0.6 is 0 Å². The van der Waals surface area contributed by atoms with Gasteiger partial charge in [-0.25, -0.2) is 8.42 Å². The Labute approximate surface area is 161 Å². The molecule has 1 aromatic carbocycles. The molecule has 2 rings (SSSR count). The highest BCUT2D eigenvalue weighted by molar-refractivity contribution is 7.92. The van der Waals surface area contributed by atoms with Crippen LogP contribution < -0.4 is 14.4 Å². The van der Waals surface area contributed by atoms with Gasteiger partial charge in [-0.2, -0.15) is 0 Å². The number of methoxy groups -OCH3 is 1. The molecule has 1 heterocycles. The van der Waals surface area contributed by atoms with Crippen molar-refractivity contribution in [3.63, 3.8) is 0 Å². The number of rotatable bonds is 9. The molecule has 1 N–H and O–H groups in total. The lowest BCUT2D eigenvalue weighted by molar-refractivity contribution is -0.122. The number of anilines is 1. The first-order valence-electron chi connectivity index (χ1n) is 9.08. The molecule has 8 nitrogen and oxygen atoms in total. The molecule has 1 aromatic rings. The van der Waals surface area contributed by atoms with Gasteiger partial charge < -0.3 is 14.8 Å². The van der Waals surface area contributed by atoms with Crippen LogP contribution in [0.15, 0.2) is 24.3 Å². The van der Waals surface area contributed by atoms with E-state index in [4.69, 9.17) is 9.47 Å². The number of nitrogens with one attached hydrogen (secondary N) is 1. The normalized spacial score (nSPS) is 16.6. The number of ether oxygens (including phenoxy) is 2. The van der Waals surface area contributed by atoms with Crippen molar-refractivity contribution in [1.82, 2.24) is 10.2 Å². The molecule has 0 saturated carbocycles. The zero-order valence-corrected chi connectivity index (χ0v) is 17.0. The van der Waals surface area contributed by atoms with Gasteiger partial charge in [0.15, 0.2) is 0 Å². The highest BCUT2D eigenvalue weighted by Crippen LogP contribution is 2.25. The summed E-state index contributed by atoms with van der Waals surface area (Å²) in [6.45, 7) is 6.06. The first-order valence-corrected chi connectivity index (χ1v) is 10.9. The van der Waals surface area contributed by atoms with E-state index in [2.05, 4.69) is 10.2 Å². The van der Waals surface area contributed by atoms with Gasteiger partial charge in [0, 0.05) is 26.2 Å². The van der Waals surface area contributed by atoms with Crippen LogP contribution in [0.2, 0.25) is 0 Å². The SMILES string of the molecule is CC[C@H](C(=O)NCCN1CCOCC1)N(c1ccc(OC)cc1)S(C)(=O)=O. The Hall–Kier alpha value is -1.84. The average molecular weight is 400 g/mol. The molecule has 1 atom stereocenters. The van der Waals surface area contributed by atoms with Crippen LogP contribution in [0.5, 0.6) is 5.75 Å². The van der Waals surface area contributed by atoms with Crippen molar-refractivity contribution in [2.24, 2.45) is 0 Å². The van der Waals surface area contributed by atoms with Crippen molar-refractivity contribution in [1.29, 1.82) is 0 Å². The molecule has 0 unspecified atom stereocenters. The average Bonchev–Trinajstić information content (AvgIpc) is 2.66. The summed E-state index contributed by atoms with van der Waals surface area (Å²) in [6, 6.07) is 5.83. The van der Waals surface area contributed by atoms with E-state index in [1.807, 2.05) is 0 Å². The predicted molar refractivity (Wildman–Crippen MR) is 105 cm³/mol. The maximum atomic E-state index is 12.7. The van der Waals surface area contributed by atoms with E-state index in [1.165, 1.54) is 4.31 Å². The minimum Gasteiger partial charge on any atom is -0.497 e. The van der Waals surface area contributed by atoms with Crippen LogP contribution in [-0.4, -0.2) is 78.0 Å². The molecule has 1 fully saturated rings. The van der Waals surface area contributed by atoms with Crippen LogP contribution in [0.3, 0.4) is 0 Å². The fourth-order valence-corrected chi connectivity index (χ4v) is 4.28. The van der Waals surface area contributed by atoms with E-state index < -0.39 is 16.1 Å². The number of hydrogen-bond donors (Lipinski definition) is 1. The van der Waals surface area contributed by atoms with Gasteiger partial charge in [-0.05, 0) is 30.7 Å². The fraction of sp³-hybridized carbons (Fsp3) is 0.611. The van der Waals surface area contributed by atoms with Crippen LogP contribution in [-0.2, 0) is 19.6 Å². The van der Waals surface area contributed by atoms with Gasteiger partial charge in [0.05, 0.1) is 32.3 Å². The van der Waals surface area contributed by atoms with Gasteiger partial charge in [0.25, 0.3) is 0 Å². The Bertz CT molecular complexity index is 702. The molecular weight excluding hydrogens is 370 g/mol. The van der Waals surface area contributed by atoms with Gasteiger partial charge in [0.1, 0.15) is 11.8 Å². The quantitative estimate of drug-likeness (QED) is 0.657. The highest BCUT2D eigenvalue weighted by Gasteiger charge is 2.31. The Morgan fingerprint density at radius 3 is 2.44 bits per heavy atom. The zero-order valence-electron chi connectivity index (χ0n) is 16.2. The molecule has 0 bridgehead atoms. The van der Waals surface area contributed by atoms with Crippen LogP contribution in [0.25, 0.3) is 0 Å². The molecule has 0 radical (unpaired) electrons. The third-order valence-electron chi connectivity index (χ3n) is 4.49. The molecule has 1 aliphatic heterocycles. The number of sulfonamides is 1. The number of benzene rings is 1. The van der Waals surface area contributed by atoms with E-state index in [-0.39, 0.29) is 5.91 Å². The van der Waals surface area contributed by atoms with E-state index >= 15 is 0 Å². The summed E-state index contributed by atoms with van der Waals surface area (Å²) >= 11 is 0. The molecule has 0 aromatic heterocycles. The van der Waals surface area contributed by atoms with Crippen LogP contribution in [0, 0.1) is 0 Å². The molecular formula is C18H29N3O5S. The van der Waals surface area contributed by atoms with Gasteiger partial charge in [-0.15, -0.1) is 0 Å². The summed E-state index contributed by atoms with van der Waals surface area (Å²) in [6.07, 6.45) is 1.48. The Kier molecular flexibility index (Phi) is 7.88. The van der Waals surface area contributed by atoms with Crippen LogP contribution in [0.4, 0.5) is 5.69 Å². The van der Waals surface area contributed by atoms with Crippen molar-refractivity contribution in [3.05, 3.63) is 24.3 Å². The Morgan fingerprint density at radius 1 is 1.30 bits per heavy atom. The molecule has 1 amide bonds. The number of nitrogens with zero attached hydrogens (tertiary/aromatic N) is 2. The van der Waals surface area contributed by atoms with E-state index in [0.717, 1.165) is 19.3 Å². The second-order valence-electron chi connectivity index (χ2n) is 6.43. The van der Waals surface area contributed by atoms with Crippen molar-refractivity contribution < 1.29 is 22.7 Å². The maximum absolute atomic E-state index is 12.7. The summed E-state index contributed by atoms with van der Waals surface area (Å²) in [4.78, 5) is 14.9. The number of amides is 1. The molecule has 27 heavy (non-hydrogen) atoms. The highest BCUT2D eigenvalue weighted by atomic mass is 32.2. The largest absolute Gasteiger partial charge is 0.497 e. The summed E-state index contributed by atoms with van der Waals surface area (Å²) in [5, 5.41) is 2.87. The minimum absolute atomic E-state index is 0.299. The molecule has 152 valence electrons. The van der Waals surface area contributed by atoms with Crippen molar-refractivity contribution >= 4 is 21.6 Å².